The molecule has 2 saturated heterocycles. The third-order valence-corrected chi connectivity index (χ3v) is 6.89. The molecular weight excluding hydrogens is 423 g/mol. The van der Waals surface area contributed by atoms with E-state index in [2.05, 4.69) is 43.0 Å². The van der Waals surface area contributed by atoms with E-state index >= 15 is 0 Å². The summed E-state index contributed by atoms with van der Waals surface area (Å²) in [5.74, 6) is -1.20. The summed E-state index contributed by atoms with van der Waals surface area (Å²) in [6.45, 7) is 4.92. The summed E-state index contributed by atoms with van der Waals surface area (Å²) < 4.78 is 18.5. The number of benzene rings is 2. The SMILES string of the molecule is Cc1cccc(N2[C@H]3CCN(C(=O)COCC(=O)O)C[C@H]3C[C@@]2(C)Cc2ccc(F)cc2)c1. The fraction of sp³-hybridized carbons (Fsp3) is 0.462. The zero-order valence-corrected chi connectivity index (χ0v) is 19.2. The third kappa shape index (κ3) is 5.19. The highest BCUT2D eigenvalue weighted by molar-refractivity contribution is 5.78. The van der Waals surface area contributed by atoms with Crippen molar-refractivity contribution in [3.05, 3.63) is 65.5 Å². The topological polar surface area (TPSA) is 70.1 Å². The third-order valence-electron chi connectivity index (χ3n) is 6.89. The summed E-state index contributed by atoms with van der Waals surface area (Å²) in [5, 5.41) is 8.73. The van der Waals surface area contributed by atoms with E-state index in [4.69, 9.17) is 9.84 Å². The van der Waals surface area contributed by atoms with E-state index in [1.54, 1.807) is 4.90 Å². The Morgan fingerprint density at radius 2 is 1.94 bits per heavy atom. The van der Waals surface area contributed by atoms with Crippen LogP contribution in [0.2, 0.25) is 0 Å². The van der Waals surface area contributed by atoms with Crippen molar-refractivity contribution in [3.8, 4) is 0 Å². The molecule has 3 atom stereocenters. The second-order valence-corrected chi connectivity index (χ2v) is 9.56. The number of anilines is 1. The van der Waals surface area contributed by atoms with Gasteiger partial charge >= 0.3 is 5.97 Å². The monoisotopic (exact) mass is 454 g/mol. The number of carboxylic acids is 1. The average Bonchev–Trinajstić information content (AvgIpc) is 3.05. The fourth-order valence-electron chi connectivity index (χ4n) is 5.65. The minimum atomic E-state index is -1.08. The number of halogens is 1. The van der Waals surface area contributed by atoms with Crippen molar-refractivity contribution in [1.82, 2.24) is 4.90 Å². The van der Waals surface area contributed by atoms with Gasteiger partial charge in [0, 0.05) is 30.4 Å². The molecule has 0 spiro atoms. The first-order valence-corrected chi connectivity index (χ1v) is 11.4. The number of rotatable bonds is 7. The van der Waals surface area contributed by atoms with Crippen molar-refractivity contribution >= 4 is 17.6 Å². The normalized spacial score (nSPS) is 24.6. The Kier molecular flexibility index (Phi) is 6.70. The number of hydrogen-bond donors (Lipinski definition) is 1. The Balaban J connectivity index is 1.56. The van der Waals surface area contributed by atoms with Gasteiger partial charge in [-0.2, -0.15) is 0 Å². The van der Waals surface area contributed by atoms with Crippen molar-refractivity contribution in [3.63, 3.8) is 0 Å². The highest BCUT2D eigenvalue weighted by atomic mass is 19.1. The molecule has 2 aliphatic rings. The van der Waals surface area contributed by atoms with Gasteiger partial charge in [-0.3, -0.25) is 4.79 Å². The molecule has 2 aromatic rings. The minimum Gasteiger partial charge on any atom is -0.480 e. The summed E-state index contributed by atoms with van der Waals surface area (Å²) in [7, 11) is 0. The minimum absolute atomic E-state index is 0.163. The van der Waals surface area contributed by atoms with Crippen LogP contribution in [0.4, 0.5) is 10.1 Å². The zero-order valence-electron chi connectivity index (χ0n) is 19.2. The van der Waals surface area contributed by atoms with E-state index < -0.39 is 12.6 Å². The van der Waals surface area contributed by atoms with Gasteiger partial charge in [0.05, 0.1) is 0 Å². The number of aryl methyl sites for hydroxylation is 1. The van der Waals surface area contributed by atoms with E-state index in [9.17, 15) is 14.0 Å². The number of piperidine rings is 1. The largest absolute Gasteiger partial charge is 0.480 e. The molecular formula is C26H31FN2O4. The predicted molar refractivity (Wildman–Crippen MR) is 124 cm³/mol. The lowest BCUT2D eigenvalue weighted by Crippen LogP contribution is -2.52. The molecule has 0 bridgehead atoms. The van der Waals surface area contributed by atoms with E-state index in [0.717, 1.165) is 24.8 Å². The van der Waals surface area contributed by atoms with Crippen LogP contribution in [-0.2, 0) is 20.7 Å². The van der Waals surface area contributed by atoms with Crippen molar-refractivity contribution in [2.75, 3.05) is 31.2 Å². The lowest BCUT2D eigenvalue weighted by Gasteiger charge is -2.43. The molecule has 0 aromatic heterocycles. The Morgan fingerprint density at radius 3 is 2.64 bits per heavy atom. The van der Waals surface area contributed by atoms with Crippen LogP contribution in [0.5, 0.6) is 0 Å². The van der Waals surface area contributed by atoms with Gasteiger partial charge in [0.15, 0.2) is 0 Å². The smallest absolute Gasteiger partial charge is 0.329 e. The van der Waals surface area contributed by atoms with Crippen molar-refractivity contribution in [1.29, 1.82) is 0 Å². The van der Waals surface area contributed by atoms with Crippen LogP contribution < -0.4 is 4.90 Å². The van der Waals surface area contributed by atoms with Crippen LogP contribution in [0.25, 0.3) is 0 Å². The molecule has 2 fully saturated rings. The molecule has 2 aromatic carbocycles. The van der Waals surface area contributed by atoms with Gasteiger partial charge in [-0.25, -0.2) is 9.18 Å². The molecule has 0 radical (unpaired) electrons. The maximum Gasteiger partial charge on any atom is 0.329 e. The standard InChI is InChI=1S/C26H31FN2O4/c1-18-4-3-5-22(12-18)29-23-10-11-28(24(30)16-33-17-25(31)32)15-20(23)14-26(29,2)13-19-6-8-21(27)9-7-19/h3-9,12,20,23H,10-11,13-17H2,1-2H3,(H,31,32)/t20-,23+,26-/m1/s1. The second kappa shape index (κ2) is 9.51. The molecule has 0 unspecified atom stereocenters. The van der Waals surface area contributed by atoms with Crippen molar-refractivity contribution < 1.29 is 23.8 Å². The predicted octanol–water partition coefficient (Wildman–Crippen LogP) is 3.66. The summed E-state index contributed by atoms with van der Waals surface area (Å²) >= 11 is 0. The van der Waals surface area contributed by atoms with Crippen LogP contribution in [0.15, 0.2) is 48.5 Å². The van der Waals surface area contributed by atoms with Crippen molar-refractivity contribution in [2.24, 2.45) is 5.92 Å². The molecule has 1 amide bonds. The molecule has 4 rings (SSSR count). The number of nitrogens with zero attached hydrogens (tertiary/aromatic N) is 2. The van der Waals surface area contributed by atoms with Crippen LogP contribution in [0.3, 0.4) is 0 Å². The van der Waals surface area contributed by atoms with Gasteiger partial charge < -0.3 is 19.6 Å². The first kappa shape index (κ1) is 23.2. The average molecular weight is 455 g/mol. The van der Waals surface area contributed by atoms with Gasteiger partial charge in [0.25, 0.3) is 0 Å². The lowest BCUT2D eigenvalue weighted by molar-refractivity contribution is -0.146. The number of amides is 1. The molecule has 2 heterocycles. The molecule has 176 valence electrons. The second-order valence-electron chi connectivity index (χ2n) is 9.56. The van der Waals surface area contributed by atoms with Gasteiger partial charge in [-0.15, -0.1) is 0 Å². The lowest BCUT2D eigenvalue weighted by atomic mass is 9.85. The Hall–Kier alpha value is -2.93. The summed E-state index contributed by atoms with van der Waals surface area (Å²) in [6, 6.07) is 15.5. The quantitative estimate of drug-likeness (QED) is 0.692. The van der Waals surface area contributed by atoms with E-state index in [-0.39, 0.29) is 29.8 Å². The number of carbonyl (C=O) groups excluding carboxylic acids is 1. The van der Waals surface area contributed by atoms with Crippen LogP contribution in [-0.4, -0.2) is 59.8 Å². The van der Waals surface area contributed by atoms with Crippen molar-refractivity contribution in [2.45, 2.75) is 44.7 Å². The number of ether oxygens (including phenoxy) is 1. The summed E-state index contributed by atoms with van der Waals surface area (Å²) in [5.41, 5.74) is 3.28. The highest BCUT2D eigenvalue weighted by Gasteiger charge is 2.50. The number of carbonyl (C=O) groups is 2. The van der Waals surface area contributed by atoms with Gasteiger partial charge in [0.1, 0.15) is 19.0 Å². The maximum atomic E-state index is 13.5. The highest BCUT2D eigenvalue weighted by Crippen LogP contribution is 2.46. The summed E-state index contributed by atoms with van der Waals surface area (Å²) in [4.78, 5) is 27.6. The van der Waals surface area contributed by atoms with Gasteiger partial charge in [0.2, 0.25) is 5.91 Å². The number of carboxylic acid groups (broad SMARTS) is 1. The number of aliphatic carboxylic acids is 1. The van der Waals surface area contributed by atoms with Gasteiger partial charge in [-0.1, -0.05) is 24.3 Å². The first-order valence-electron chi connectivity index (χ1n) is 11.4. The van der Waals surface area contributed by atoms with E-state index in [0.29, 0.717) is 19.1 Å². The molecule has 0 aliphatic carbocycles. The van der Waals surface area contributed by atoms with Crippen LogP contribution >= 0.6 is 0 Å². The van der Waals surface area contributed by atoms with E-state index in [1.807, 2.05) is 12.1 Å². The maximum absolute atomic E-state index is 13.5. The van der Waals surface area contributed by atoms with Gasteiger partial charge in [-0.05, 0) is 74.4 Å². The van der Waals surface area contributed by atoms with Crippen LogP contribution in [0, 0.1) is 18.7 Å². The molecule has 2 aliphatic heterocycles. The first-order chi connectivity index (χ1) is 15.7. The zero-order chi connectivity index (χ0) is 23.6. The fourth-order valence-corrected chi connectivity index (χ4v) is 5.65. The molecule has 7 heteroatoms. The van der Waals surface area contributed by atoms with E-state index in [1.165, 1.54) is 23.4 Å². The summed E-state index contributed by atoms with van der Waals surface area (Å²) in [6.07, 6.45) is 2.52. The number of likely N-dealkylation sites (tertiary alicyclic amines) is 1. The number of hydrogen-bond acceptors (Lipinski definition) is 4. The molecule has 33 heavy (non-hydrogen) atoms. The Bertz CT molecular complexity index is 1010. The molecule has 0 saturated carbocycles. The Morgan fingerprint density at radius 1 is 1.18 bits per heavy atom. The number of fused-ring (bicyclic) bond motifs is 1. The molecule has 1 N–H and O–H groups in total. The molecule has 6 nitrogen and oxygen atoms in total. The van der Waals surface area contributed by atoms with Crippen LogP contribution in [0.1, 0.15) is 30.9 Å². The Labute approximate surface area is 194 Å².